The molecule has 2 rings (SSSR count). The van der Waals surface area contributed by atoms with Crippen LogP contribution in [-0.4, -0.2) is 61.1 Å². The highest BCUT2D eigenvalue weighted by atomic mass is 16.1. The van der Waals surface area contributed by atoms with E-state index in [-0.39, 0.29) is 11.9 Å². The van der Waals surface area contributed by atoms with E-state index >= 15 is 0 Å². The van der Waals surface area contributed by atoms with Gasteiger partial charge in [0, 0.05) is 47.2 Å². The third-order valence-electron chi connectivity index (χ3n) is 3.42. The number of rotatable bonds is 4. The largest absolute Gasteiger partial charge is 0.357 e. The van der Waals surface area contributed by atoms with Crippen LogP contribution in [0.25, 0.3) is 0 Å². The lowest BCUT2D eigenvalue weighted by molar-refractivity contribution is -0.119. The fraction of sp³-hybridized carbons (Fsp3) is 0.692. The maximum absolute atomic E-state index is 11.1. The van der Waals surface area contributed by atoms with E-state index < -0.39 is 0 Å². The summed E-state index contributed by atoms with van der Waals surface area (Å²) in [7, 11) is 5.60. The van der Waals surface area contributed by atoms with Gasteiger partial charge in [0.25, 0.3) is 0 Å². The Balaban J connectivity index is 2.09. The van der Waals surface area contributed by atoms with Crippen LogP contribution in [0.4, 0.5) is 17.8 Å². The molecule has 0 spiro atoms. The highest BCUT2D eigenvalue weighted by Crippen LogP contribution is 2.19. The summed E-state index contributed by atoms with van der Waals surface area (Å²) in [4.78, 5) is 28.3. The Hall–Kier alpha value is -2.12. The van der Waals surface area contributed by atoms with Gasteiger partial charge in [-0.3, -0.25) is 4.79 Å². The lowest BCUT2D eigenvalue weighted by atomic mass is 10.1. The Morgan fingerprint density at radius 2 is 1.90 bits per heavy atom. The quantitative estimate of drug-likeness (QED) is 0.813. The summed E-state index contributed by atoms with van der Waals surface area (Å²) in [6.07, 6.45) is 1.80. The minimum atomic E-state index is 0.0287. The number of nitrogens with one attached hydrogen (secondary N) is 2. The first-order chi connectivity index (χ1) is 9.99. The fourth-order valence-corrected chi connectivity index (χ4v) is 2.32. The summed E-state index contributed by atoms with van der Waals surface area (Å²) < 4.78 is 0. The van der Waals surface area contributed by atoms with Gasteiger partial charge in [-0.2, -0.15) is 15.0 Å². The van der Waals surface area contributed by atoms with Gasteiger partial charge in [0.2, 0.25) is 23.8 Å². The SMILES string of the molecule is CNc1nc(N(C)C)nc(N2CCC(NC(C)=O)CC2)n1. The van der Waals surface area contributed by atoms with Crippen molar-refractivity contribution in [3.63, 3.8) is 0 Å². The topological polar surface area (TPSA) is 86.3 Å². The number of aromatic nitrogens is 3. The third kappa shape index (κ3) is 3.93. The zero-order valence-electron chi connectivity index (χ0n) is 13.1. The summed E-state index contributed by atoms with van der Waals surface area (Å²) in [6, 6.07) is 0.248. The van der Waals surface area contributed by atoms with Crippen LogP contribution < -0.4 is 20.4 Å². The Kier molecular flexibility index (Phi) is 4.77. The molecule has 8 nitrogen and oxygen atoms in total. The summed E-state index contributed by atoms with van der Waals surface area (Å²) in [5.74, 6) is 1.90. The molecule has 0 saturated carbocycles. The van der Waals surface area contributed by atoms with Gasteiger partial charge in [-0.1, -0.05) is 0 Å². The highest BCUT2D eigenvalue weighted by molar-refractivity contribution is 5.73. The zero-order chi connectivity index (χ0) is 15.4. The smallest absolute Gasteiger partial charge is 0.231 e. The molecular weight excluding hydrogens is 270 g/mol. The van der Waals surface area contributed by atoms with Crippen molar-refractivity contribution in [2.75, 3.05) is 49.3 Å². The van der Waals surface area contributed by atoms with Crippen molar-refractivity contribution in [3.8, 4) is 0 Å². The first-order valence-electron chi connectivity index (χ1n) is 7.13. The van der Waals surface area contributed by atoms with Gasteiger partial charge in [0.05, 0.1) is 0 Å². The summed E-state index contributed by atoms with van der Waals surface area (Å²) in [6.45, 7) is 3.21. The van der Waals surface area contributed by atoms with Gasteiger partial charge in [0.15, 0.2) is 0 Å². The molecule has 0 aromatic carbocycles. The number of anilines is 3. The molecule has 8 heteroatoms. The molecule has 1 fully saturated rings. The molecule has 1 aromatic heterocycles. The minimum Gasteiger partial charge on any atom is -0.357 e. The van der Waals surface area contributed by atoms with Crippen molar-refractivity contribution in [1.82, 2.24) is 20.3 Å². The number of piperidine rings is 1. The zero-order valence-corrected chi connectivity index (χ0v) is 13.1. The van der Waals surface area contributed by atoms with E-state index in [4.69, 9.17) is 0 Å². The van der Waals surface area contributed by atoms with Crippen LogP contribution in [0, 0.1) is 0 Å². The van der Waals surface area contributed by atoms with Gasteiger partial charge in [-0.25, -0.2) is 0 Å². The van der Waals surface area contributed by atoms with Gasteiger partial charge in [-0.05, 0) is 12.8 Å². The van der Waals surface area contributed by atoms with Crippen molar-refractivity contribution in [3.05, 3.63) is 0 Å². The second-order valence-corrected chi connectivity index (χ2v) is 5.37. The van der Waals surface area contributed by atoms with Crippen LogP contribution in [0.2, 0.25) is 0 Å². The summed E-state index contributed by atoms with van der Waals surface area (Å²) in [5.41, 5.74) is 0. The molecule has 2 N–H and O–H groups in total. The van der Waals surface area contributed by atoms with Crippen LogP contribution in [0.1, 0.15) is 19.8 Å². The number of carbonyl (C=O) groups excluding carboxylic acids is 1. The lowest BCUT2D eigenvalue weighted by Gasteiger charge is -2.32. The van der Waals surface area contributed by atoms with Gasteiger partial charge < -0.3 is 20.4 Å². The van der Waals surface area contributed by atoms with Crippen LogP contribution in [0.15, 0.2) is 0 Å². The number of nitrogens with zero attached hydrogens (tertiary/aromatic N) is 5. The van der Waals surface area contributed by atoms with E-state index in [0.29, 0.717) is 17.8 Å². The van der Waals surface area contributed by atoms with E-state index in [1.165, 1.54) is 0 Å². The number of hydrogen-bond donors (Lipinski definition) is 2. The molecule has 0 bridgehead atoms. The second-order valence-electron chi connectivity index (χ2n) is 5.37. The monoisotopic (exact) mass is 293 g/mol. The maximum Gasteiger partial charge on any atom is 0.231 e. The molecule has 0 unspecified atom stereocenters. The molecule has 0 radical (unpaired) electrons. The average Bonchev–Trinajstić information content (AvgIpc) is 2.46. The summed E-state index contributed by atoms with van der Waals surface area (Å²) in [5, 5.41) is 5.93. The Morgan fingerprint density at radius 1 is 1.24 bits per heavy atom. The average molecular weight is 293 g/mol. The van der Waals surface area contributed by atoms with Gasteiger partial charge in [-0.15, -0.1) is 0 Å². The van der Waals surface area contributed by atoms with Crippen molar-refractivity contribution in [2.45, 2.75) is 25.8 Å². The number of hydrogen-bond acceptors (Lipinski definition) is 7. The molecule has 1 saturated heterocycles. The van der Waals surface area contributed by atoms with Gasteiger partial charge in [0.1, 0.15) is 0 Å². The van der Waals surface area contributed by atoms with Crippen LogP contribution in [0.5, 0.6) is 0 Å². The Morgan fingerprint density at radius 3 is 2.43 bits per heavy atom. The van der Waals surface area contributed by atoms with Crippen LogP contribution >= 0.6 is 0 Å². The predicted molar refractivity (Wildman–Crippen MR) is 82.8 cm³/mol. The molecule has 1 amide bonds. The molecule has 21 heavy (non-hydrogen) atoms. The van der Waals surface area contributed by atoms with Crippen molar-refractivity contribution in [2.24, 2.45) is 0 Å². The Labute approximate surface area is 125 Å². The van der Waals surface area contributed by atoms with Gasteiger partial charge >= 0.3 is 0 Å². The van der Waals surface area contributed by atoms with Crippen molar-refractivity contribution >= 4 is 23.8 Å². The molecule has 0 aliphatic carbocycles. The highest BCUT2D eigenvalue weighted by Gasteiger charge is 2.22. The lowest BCUT2D eigenvalue weighted by Crippen LogP contribution is -2.44. The molecule has 1 aromatic rings. The van der Waals surface area contributed by atoms with Crippen LogP contribution in [0.3, 0.4) is 0 Å². The molecule has 116 valence electrons. The maximum atomic E-state index is 11.1. The first kappa shape index (κ1) is 15.3. The normalized spacial score (nSPS) is 15.7. The molecular formula is C13H23N7O. The van der Waals surface area contributed by atoms with E-state index in [9.17, 15) is 4.79 Å². The van der Waals surface area contributed by atoms with E-state index in [2.05, 4.69) is 30.5 Å². The predicted octanol–water partition coefficient (Wildman–Crippen LogP) is 0.0842. The van der Waals surface area contributed by atoms with Crippen LogP contribution in [-0.2, 0) is 4.79 Å². The first-order valence-corrected chi connectivity index (χ1v) is 7.13. The van der Waals surface area contributed by atoms with Crippen molar-refractivity contribution in [1.29, 1.82) is 0 Å². The number of amides is 1. The third-order valence-corrected chi connectivity index (χ3v) is 3.42. The molecule has 1 aliphatic rings. The van der Waals surface area contributed by atoms with E-state index in [1.54, 1.807) is 14.0 Å². The van der Waals surface area contributed by atoms with E-state index in [0.717, 1.165) is 25.9 Å². The summed E-state index contributed by atoms with van der Waals surface area (Å²) >= 11 is 0. The standard InChI is InChI=1S/C13H23N7O/c1-9(21)15-10-5-7-20(8-6-10)13-17-11(14-2)16-12(18-13)19(3)4/h10H,5-8H2,1-4H3,(H,15,21)(H,14,16,17,18). The van der Waals surface area contributed by atoms with E-state index in [1.807, 2.05) is 19.0 Å². The number of carbonyl (C=O) groups is 1. The molecule has 2 heterocycles. The molecule has 0 atom stereocenters. The fourth-order valence-electron chi connectivity index (χ4n) is 2.32. The Bertz CT molecular complexity index is 497. The minimum absolute atomic E-state index is 0.0287. The molecule has 1 aliphatic heterocycles. The second kappa shape index (κ2) is 6.55. The van der Waals surface area contributed by atoms with Crippen molar-refractivity contribution < 1.29 is 4.79 Å².